The van der Waals surface area contributed by atoms with Crippen molar-refractivity contribution in [2.45, 2.75) is 76.9 Å². The molecule has 4 rings (SSSR count). The predicted molar refractivity (Wildman–Crippen MR) is 116 cm³/mol. The fraction of sp³-hybridized carbons (Fsp3) is 0.538. The minimum absolute atomic E-state index is 0.255. The minimum Gasteiger partial charge on any atom is -0.300 e. The molecule has 1 heterocycles. The molecule has 1 aliphatic heterocycles. The highest BCUT2D eigenvalue weighted by Gasteiger charge is 2.35. The maximum absolute atomic E-state index is 13.8. The molecular weight excluding hydrogens is 383 g/mol. The second kappa shape index (κ2) is 8.74. The molecule has 1 saturated carbocycles. The smallest absolute Gasteiger partial charge is 0.300 e. The van der Waals surface area contributed by atoms with E-state index in [0.717, 1.165) is 50.4 Å². The number of likely N-dealkylation sites (tertiary alicyclic amines) is 1. The molecule has 1 aliphatic carbocycles. The third-order valence-electron chi connectivity index (χ3n) is 7.11. The highest BCUT2D eigenvalue weighted by molar-refractivity contribution is 5.37. The van der Waals surface area contributed by atoms with E-state index in [1.807, 2.05) is 12.1 Å². The number of aryl methyl sites for hydroxylation is 3. The lowest BCUT2D eigenvalue weighted by atomic mass is 9.86. The number of piperidine rings is 1. The summed E-state index contributed by atoms with van der Waals surface area (Å²) in [6.45, 7) is 6.21. The third-order valence-corrected chi connectivity index (χ3v) is 7.11. The van der Waals surface area contributed by atoms with Gasteiger partial charge in [0.15, 0.2) is 0 Å². The normalized spacial score (nSPS) is 18.7. The molecule has 0 spiro atoms. The molecule has 0 aromatic heterocycles. The molecule has 2 fully saturated rings. The Labute approximate surface area is 178 Å². The van der Waals surface area contributed by atoms with Gasteiger partial charge in [-0.3, -0.25) is 0 Å². The number of nitrogens with zero attached hydrogens (tertiary/aromatic N) is 1. The lowest BCUT2D eigenvalue weighted by Gasteiger charge is -2.32. The van der Waals surface area contributed by atoms with Crippen LogP contribution in [0.1, 0.15) is 71.4 Å². The summed E-state index contributed by atoms with van der Waals surface area (Å²) in [5, 5.41) is 0. The van der Waals surface area contributed by atoms with Gasteiger partial charge in [-0.25, -0.2) is 0 Å². The number of benzene rings is 2. The third kappa shape index (κ3) is 4.91. The van der Waals surface area contributed by atoms with Crippen molar-refractivity contribution in [2.24, 2.45) is 0 Å². The largest absolute Gasteiger partial charge is 0.416 e. The van der Waals surface area contributed by atoms with Gasteiger partial charge in [-0.2, -0.15) is 13.2 Å². The topological polar surface area (TPSA) is 3.24 Å². The van der Waals surface area contributed by atoms with Gasteiger partial charge in [-0.05, 0) is 112 Å². The quantitative estimate of drug-likeness (QED) is 0.499. The molecule has 1 saturated heterocycles. The van der Waals surface area contributed by atoms with E-state index in [2.05, 4.69) is 30.9 Å². The van der Waals surface area contributed by atoms with Crippen molar-refractivity contribution in [2.75, 3.05) is 13.1 Å². The summed E-state index contributed by atoms with van der Waals surface area (Å²) in [5.41, 5.74) is 4.61. The molecule has 0 bridgehead atoms. The van der Waals surface area contributed by atoms with Gasteiger partial charge in [-0.1, -0.05) is 30.3 Å². The van der Waals surface area contributed by atoms with Crippen molar-refractivity contribution in [3.05, 3.63) is 69.8 Å². The Morgan fingerprint density at radius 1 is 0.900 bits per heavy atom. The average molecular weight is 416 g/mol. The van der Waals surface area contributed by atoms with Crippen LogP contribution in [0.2, 0.25) is 0 Å². The number of rotatable bonds is 6. The Balaban J connectivity index is 1.44. The first-order valence-corrected chi connectivity index (χ1v) is 11.3. The molecule has 162 valence electrons. The molecule has 0 N–H and O–H groups in total. The molecule has 0 atom stereocenters. The minimum atomic E-state index is -4.29. The molecule has 2 aromatic carbocycles. The van der Waals surface area contributed by atoms with Crippen LogP contribution in [-0.2, 0) is 19.0 Å². The van der Waals surface area contributed by atoms with Crippen LogP contribution in [0.3, 0.4) is 0 Å². The van der Waals surface area contributed by atoms with E-state index in [4.69, 9.17) is 0 Å². The maximum atomic E-state index is 13.8. The highest BCUT2D eigenvalue weighted by Crippen LogP contribution is 2.38. The van der Waals surface area contributed by atoms with Crippen LogP contribution in [0, 0.1) is 13.8 Å². The van der Waals surface area contributed by atoms with Crippen molar-refractivity contribution < 1.29 is 13.2 Å². The monoisotopic (exact) mass is 415 g/mol. The SMILES string of the molecule is Cc1cccc(CCCc2ccc(C3CCN(C4CC4)CC3)cc2C(F)(F)F)c1C. The molecule has 2 aliphatic rings. The molecule has 0 amide bonds. The van der Waals surface area contributed by atoms with Crippen LogP contribution in [0.4, 0.5) is 13.2 Å². The first-order chi connectivity index (χ1) is 14.3. The molecule has 30 heavy (non-hydrogen) atoms. The summed E-state index contributed by atoms with van der Waals surface area (Å²) in [6, 6.07) is 12.1. The second-order valence-electron chi connectivity index (χ2n) is 9.17. The van der Waals surface area contributed by atoms with Crippen molar-refractivity contribution in [3.63, 3.8) is 0 Å². The van der Waals surface area contributed by atoms with E-state index in [-0.39, 0.29) is 5.92 Å². The Hall–Kier alpha value is -1.81. The molecular formula is C26H32F3N. The van der Waals surface area contributed by atoms with Crippen LogP contribution in [0.25, 0.3) is 0 Å². The summed E-state index contributed by atoms with van der Waals surface area (Å²) in [7, 11) is 0. The standard InChI is InChI=1S/C26H32F3N/c1-18-5-3-6-20(19(18)2)7-4-8-22-9-10-23(17-25(22)26(27,28)29)21-13-15-30(16-14-21)24-11-12-24/h3,5-6,9-10,17,21,24H,4,7-8,11-16H2,1-2H3. The van der Waals surface area contributed by atoms with E-state index < -0.39 is 11.7 Å². The van der Waals surface area contributed by atoms with Crippen LogP contribution in [0.15, 0.2) is 36.4 Å². The van der Waals surface area contributed by atoms with E-state index in [1.54, 1.807) is 6.07 Å². The lowest BCUT2D eigenvalue weighted by molar-refractivity contribution is -0.138. The lowest BCUT2D eigenvalue weighted by Crippen LogP contribution is -2.34. The van der Waals surface area contributed by atoms with E-state index in [9.17, 15) is 13.2 Å². The van der Waals surface area contributed by atoms with Crippen LogP contribution in [-0.4, -0.2) is 24.0 Å². The summed E-state index contributed by atoms with van der Waals surface area (Å²) >= 11 is 0. The van der Waals surface area contributed by atoms with Crippen molar-refractivity contribution >= 4 is 0 Å². The Morgan fingerprint density at radius 3 is 2.27 bits per heavy atom. The zero-order valence-electron chi connectivity index (χ0n) is 18.1. The van der Waals surface area contributed by atoms with Gasteiger partial charge in [0, 0.05) is 6.04 Å². The first kappa shape index (κ1) is 21.4. The van der Waals surface area contributed by atoms with Crippen molar-refractivity contribution in [1.29, 1.82) is 0 Å². The predicted octanol–water partition coefficient (Wildman–Crippen LogP) is 6.84. The van der Waals surface area contributed by atoms with Crippen LogP contribution < -0.4 is 0 Å². The summed E-state index contributed by atoms with van der Waals surface area (Å²) in [4.78, 5) is 2.52. The second-order valence-corrected chi connectivity index (χ2v) is 9.17. The van der Waals surface area contributed by atoms with E-state index >= 15 is 0 Å². The fourth-order valence-electron chi connectivity index (χ4n) is 4.92. The zero-order chi connectivity index (χ0) is 21.3. The molecule has 4 heteroatoms. The van der Waals surface area contributed by atoms with Gasteiger partial charge in [0.2, 0.25) is 0 Å². The summed E-state index contributed by atoms with van der Waals surface area (Å²) < 4.78 is 41.5. The number of alkyl halides is 3. The number of hydrogen-bond donors (Lipinski definition) is 0. The van der Waals surface area contributed by atoms with E-state index in [1.165, 1.54) is 35.6 Å². The van der Waals surface area contributed by atoms with Crippen LogP contribution >= 0.6 is 0 Å². The van der Waals surface area contributed by atoms with Gasteiger partial charge in [0.25, 0.3) is 0 Å². The summed E-state index contributed by atoms with van der Waals surface area (Å²) in [5.74, 6) is 0.255. The molecule has 0 unspecified atom stereocenters. The maximum Gasteiger partial charge on any atom is 0.416 e. The summed E-state index contributed by atoms with van der Waals surface area (Å²) in [6.07, 6.45) is 2.24. The number of hydrogen-bond acceptors (Lipinski definition) is 1. The van der Waals surface area contributed by atoms with Gasteiger partial charge in [0.05, 0.1) is 5.56 Å². The zero-order valence-corrected chi connectivity index (χ0v) is 18.1. The average Bonchev–Trinajstić information content (AvgIpc) is 3.56. The Morgan fingerprint density at radius 2 is 1.60 bits per heavy atom. The molecule has 1 nitrogen and oxygen atoms in total. The van der Waals surface area contributed by atoms with Gasteiger partial charge >= 0.3 is 6.18 Å². The van der Waals surface area contributed by atoms with E-state index in [0.29, 0.717) is 12.0 Å². The van der Waals surface area contributed by atoms with Gasteiger partial charge < -0.3 is 4.90 Å². The Bertz CT molecular complexity index is 874. The molecule has 2 aromatic rings. The highest BCUT2D eigenvalue weighted by atomic mass is 19.4. The van der Waals surface area contributed by atoms with Crippen LogP contribution in [0.5, 0.6) is 0 Å². The first-order valence-electron chi connectivity index (χ1n) is 11.3. The van der Waals surface area contributed by atoms with Gasteiger partial charge in [0.1, 0.15) is 0 Å². The Kier molecular flexibility index (Phi) is 6.24. The molecule has 0 radical (unpaired) electrons. The van der Waals surface area contributed by atoms with Crippen molar-refractivity contribution in [3.8, 4) is 0 Å². The number of halogens is 3. The fourth-order valence-corrected chi connectivity index (χ4v) is 4.92. The van der Waals surface area contributed by atoms with Crippen molar-refractivity contribution in [1.82, 2.24) is 4.90 Å². The van der Waals surface area contributed by atoms with Gasteiger partial charge in [-0.15, -0.1) is 0 Å².